The van der Waals surface area contributed by atoms with Crippen LogP contribution in [-0.2, 0) is 26.2 Å². The van der Waals surface area contributed by atoms with Gasteiger partial charge in [0.1, 0.15) is 12.6 Å². The molecular formula is C30H36ClN3O4S. The van der Waals surface area contributed by atoms with Gasteiger partial charge in [-0.25, -0.2) is 8.42 Å². The summed E-state index contributed by atoms with van der Waals surface area (Å²) in [6.07, 6.45) is 0. The van der Waals surface area contributed by atoms with Gasteiger partial charge in [0.15, 0.2) is 0 Å². The first-order chi connectivity index (χ1) is 18.2. The Kier molecular flexibility index (Phi) is 9.46. The number of aryl methyl sites for hydroxylation is 2. The SMILES string of the molecule is Cc1ccc(N(CC(=O)N(Cc2cccc(C)c2)C(C)C(=O)NC(C)(C)C)S(=O)(=O)c2ccc(Cl)cc2)cc1. The smallest absolute Gasteiger partial charge is 0.264 e. The second-order valence-corrected chi connectivity index (χ2v) is 13.0. The van der Waals surface area contributed by atoms with E-state index in [1.165, 1.54) is 29.2 Å². The Morgan fingerprint density at radius 2 is 1.54 bits per heavy atom. The van der Waals surface area contributed by atoms with E-state index in [0.717, 1.165) is 21.0 Å². The van der Waals surface area contributed by atoms with E-state index in [0.29, 0.717) is 10.7 Å². The molecule has 0 aliphatic rings. The van der Waals surface area contributed by atoms with Crippen LogP contribution in [0.1, 0.15) is 44.4 Å². The van der Waals surface area contributed by atoms with Crippen molar-refractivity contribution in [3.63, 3.8) is 0 Å². The van der Waals surface area contributed by atoms with E-state index in [9.17, 15) is 18.0 Å². The molecule has 0 aliphatic heterocycles. The number of rotatable bonds is 9. The highest BCUT2D eigenvalue weighted by Crippen LogP contribution is 2.26. The first-order valence-electron chi connectivity index (χ1n) is 12.7. The summed E-state index contributed by atoms with van der Waals surface area (Å²) in [5.41, 5.74) is 2.63. The number of sulfonamides is 1. The number of carbonyl (C=O) groups is 2. The highest BCUT2D eigenvalue weighted by atomic mass is 35.5. The highest BCUT2D eigenvalue weighted by Gasteiger charge is 2.33. The van der Waals surface area contributed by atoms with Crippen LogP contribution in [0.5, 0.6) is 0 Å². The van der Waals surface area contributed by atoms with Crippen LogP contribution < -0.4 is 9.62 Å². The van der Waals surface area contributed by atoms with Gasteiger partial charge in [0.2, 0.25) is 11.8 Å². The minimum absolute atomic E-state index is 0.00373. The third kappa shape index (κ3) is 8.07. The van der Waals surface area contributed by atoms with Gasteiger partial charge >= 0.3 is 0 Å². The molecule has 1 unspecified atom stereocenters. The molecule has 3 rings (SSSR count). The molecule has 0 aliphatic carbocycles. The Morgan fingerprint density at radius 3 is 2.10 bits per heavy atom. The molecular weight excluding hydrogens is 534 g/mol. The summed E-state index contributed by atoms with van der Waals surface area (Å²) in [6.45, 7) is 10.7. The van der Waals surface area contributed by atoms with Gasteiger partial charge in [-0.1, -0.05) is 59.1 Å². The minimum atomic E-state index is -4.14. The van der Waals surface area contributed by atoms with Gasteiger partial charge in [-0.3, -0.25) is 13.9 Å². The lowest BCUT2D eigenvalue weighted by atomic mass is 10.1. The van der Waals surface area contributed by atoms with Crippen LogP contribution in [0, 0.1) is 13.8 Å². The maximum absolute atomic E-state index is 13.9. The molecule has 9 heteroatoms. The van der Waals surface area contributed by atoms with Crippen molar-refractivity contribution in [3.05, 3.63) is 94.5 Å². The number of benzene rings is 3. The van der Waals surface area contributed by atoms with Gasteiger partial charge in [-0.2, -0.15) is 0 Å². The van der Waals surface area contributed by atoms with Crippen molar-refractivity contribution in [3.8, 4) is 0 Å². The maximum Gasteiger partial charge on any atom is 0.264 e. The van der Waals surface area contributed by atoms with E-state index in [-0.39, 0.29) is 17.3 Å². The van der Waals surface area contributed by atoms with E-state index < -0.39 is 34.1 Å². The molecule has 0 saturated carbocycles. The fraction of sp³-hybridized carbons (Fsp3) is 0.333. The maximum atomic E-state index is 13.9. The van der Waals surface area contributed by atoms with Gasteiger partial charge < -0.3 is 10.2 Å². The molecule has 0 fully saturated rings. The number of hydrogen-bond acceptors (Lipinski definition) is 4. The largest absolute Gasteiger partial charge is 0.350 e. The second-order valence-electron chi connectivity index (χ2n) is 10.7. The lowest BCUT2D eigenvalue weighted by molar-refractivity contribution is -0.140. The summed E-state index contributed by atoms with van der Waals surface area (Å²) in [6, 6.07) is 19.5. The van der Waals surface area contributed by atoms with Gasteiger partial charge in [-0.05, 0) is 83.5 Å². The summed E-state index contributed by atoms with van der Waals surface area (Å²) in [5.74, 6) is -0.836. The molecule has 0 radical (unpaired) electrons. The average molecular weight is 570 g/mol. The summed E-state index contributed by atoms with van der Waals surface area (Å²) >= 11 is 5.99. The van der Waals surface area contributed by atoms with Gasteiger partial charge in [0.25, 0.3) is 10.0 Å². The standard InChI is InChI=1S/C30H36ClN3O4S/c1-21-10-14-26(15-11-21)34(39(37,38)27-16-12-25(31)13-17-27)20-28(35)33(19-24-9-7-8-22(2)18-24)23(3)29(36)32-30(4,5)6/h7-18,23H,19-20H2,1-6H3,(H,32,36). The molecule has 0 bridgehead atoms. The lowest BCUT2D eigenvalue weighted by Crippen LogP contribution is -2.54. The number of nitrogens with one attached hydrogen (secondary N) is 1. The average Bonchev–Trinajstić information content (AvgIpc) is 2.85. The van der Waals surface area contributed by atoms with E-state index in [4.69, 9.17) is 11.6 Å². The van der Waals surface area contributed by atoms with Crippen molar-refractivity contribution in [1.29, 1.82) is 0 Å². The number of halogens is 1. The molecule has 208 valence electrons. The zero-order valence-electron chi connectivity index (χ0n) is 23.2. The highest BCUT2D eigenvalue weighted by molar-refractivity contribution is 7.92. The third-order valence-corrected chi connectivity index (χ3v) is 8.14. The number of carbonyl (C=O) groups excluding carboxylic acids is 2. The predicted molar refractivity (Wildman–Crippen MR) is 156 cm³/mol. The molecule has 0 heterocycles. The van der Waals surface area contributed by atoms with Crippen molar-refractivity contribution >= 4 is 39.1 Å². The van der Waals surface area contributed by atoms with Crippen molar-refractivity contribution in [2.45, 2.75) is 64.6 Å². The fourth-order valence-corrected chi connectivity index (χ4v) is 5.58. The summed E-state index contributed by atoms with van der Waals surface area (Å²) in [5, 5.41) is 3.32. The van der Waals surface area contributed by atoms with Crippen LogP contribution in [0.2, 0.25) is 5.02 Å². The zero-order chi connectivity index (χ0) is 29.0. The number of amides is 2. The fourth-order valence-electron chi connectivity index (χ4n) is 4.04. The molecule has 7 nitrogen and oxygen atoms in total. The molecule has 1 atom stereocenters. The van der Waals surface area contributed by atoms with Crippen molar-refractivity contribution in [2.24, 2.45) is 0 Å². The molecule has 0 aromatic heterocycles. The Morgan fingerprint density at radius 1 is 0.923 bits per heavy atom. The number of nitrogens with zero attached hydrogens (tertiary/aromatic N) is 2. The van der Waals surface area contributed by atoms with Crippen LogP contribution in [0.4, 0.5) is 5.69 Å². The van der Waals surface area contributed by atoms with Gasteiger partial charge in [0.05, 0.1) is 10.6 Å². The Hall–Kier alpha value is -3.36. The molecule has 39 heavy (non-hydrogen) atoms. The lowest BCUT2D eigenvalue weighted by Gasteiger charge is -2.33. The van der Waals surface area contributed by atoms with E-state index in [1.807, 2.05) is 58.9 Å². The van der Waals surface area contributed by atoms with Crippen molar-refractivity contribution in [1.82, 2.24) is 10.2 Å². The Balaban J connectivity index is 2.03. The minimum Gasteiger partial charge on any atom is -0.350 e. The van der Waals surface area contributed by atoms with Crippen LogP contribution in [-0.4, -0.2) is 43.3 Å². The summed E-state index contributed by atoms with van der Waals surface area (Å²) in [7, 11) is -4.14. The monoisotopic (exact) mass is 569 g/mol. The zero-order valence-corrected chi connectivity index (χ0v) is 24.8. The second kappa shape index (κ2) is 12.2. The topological polar surface area (TPSA) is 86.8 Å². The molecule has 1 N–H and O–H groups in total. The van der Waals surface area contributed by atoms with E-state index in [2.05, 4.69) is 5.32 Å². The molecule has 2 amide bonds. The number of hydrogen-bond donors (Lipinski definition) is 1. The normalized spacial score (nSPS) is 12.5. The molecule has 3 aromatic carbocycles. The molecule has 3 aromatic rings. The van der Waals surface area contributed by atoms with Gasteiger partial charge in [0, 0.05) is 17.1 Å². The number of anilines is 1. The Labute approximate surface area is 236 Å². The van der Waals surface area contributed by atoms with Crippen LogP contribution in [0.3, 0.4) is 0 Å². The van der Waals surface area contributed by atoms with E-state index >= 15 is 0 Å². The molecule has 0 spiro atoms. The van der Waals surface area contributed by atoms with Crippen LogP contribution >= 0.6 is 11.6 Å². The first-order valence-corrected chi connectivity index (χ1v) is 14.5. The quantitative estimate of drug-likeness (QED) is 0.369. The van der Waals surface area contributed by atoms with E-state index in [1.54, 1.807) is 31.2 Å². The Bertz CT molecular complexity index is 1420. The van der Waals surface area contributed by atoms with Crippen molar-refractivity contribution < 1.29 is 18.0 Å². The van der Waals surface area contributed by atoms with Crippen LogP contribution in [0.25, 0.3) is 0 Å². The van der Waals surface area contributed by atoms with Crippen LogP contribution in [0.15, 0.2) is 77.7 Å². The third-order valence-electron chi connectivity index (χ3n) is 6.10. The van der Waals surface area contributed by atoms with Gasteiger partial charge in [-0.15, -0.1) is 0 Å². The summed E-state index contributed by atoms with van der Waals surface area (Å²) in [4.78, 5) is 28.5. The molecule has 0 saturated heterocycles. The van der Waals surface area contributed by atoms with Crippen molar-refractivity contribution in [2.75, 3.05) is 10.8 Å². The first kappa shape index (κ1) is 30.2. The summed E-state index contributed by atoms with van der Waals surface area (Å²) < 4.78 is 28.7. The predicted octanol–water partition coefficient (Wildman–Crippen LogP) is 5.48.